The second-order valence-electron chi connectivity index (χ2n) is 9.74. The minimum absolute atomic E-state index is 0.107. The molecule has 1 N–H and O–H groups in total. The third-order valence-electron chi connectivity index (χ3n) is 8.63. The van der Waals surface area contributed by atoms with Gasteiger partial charge in [-0.15, -0.1) is 0 Å². The van der Waals surface area contributed by atoms with Gasteiger partial charge >= 0.3 is 0 Å². The van der Waals surface area contributed by atoms with Gasteiger partial charge in [-0.2, -0.15) is 15.8 Å². The van der Waals surface area contributed by atoms with E-state index < -0.39 is 28.6 Å². The maximum Gasteiger partial charge on any atom is 0.218 e. The Morgan fingerprint density at radius 1 is 1.14 bits per heavy atom. The summed E-state index contributed by atoms with van der Waals surface area (Å²) in [6.45, 7) is 4.48. The van der Waals surface area contributed by atoms with E-state index in [1.165, 1.54) is 0 Å². The fraction of sp³-hybridized carbons (Fsp3) is 0.727. The van der Waals surface area contributed by atoms with E-state index in [0.717, 1.165) is 31.3 Å². The Morgan fingerprint density at radius 2 is 1.89 bits per heavy atom. The van der Waals surface area contributed by atoms with E-state index >= 15 is 0 Å². The molecule has 6 atom stereocenters. The van der Waals surface area contributed by atoms with Gasteiger partial charge in [0, 0.05) is 6.42 Å². The van der Waals surface area contributed by atoms with Gasteiger partial charge in [-0.1, -0.05) is 26.3 Å². The van der Waals surface area contributed by atoms with Crippen molar-refractivity contribution >= 4 is 5.90 Å². The van der Waals surface area contributed by atoms with Gasteiger partial charge in [-0.3, -0.25) is 5.41 Å². The van der Waals surface area contributed by atoms with E-state index in [4.69, 9.17) is 14.9 Å². The summed E-state index contributed by atoms with van der Waals surface area (Å²) in [6.07, 6.45) is 6.21. The molecule has 0 aromatic rings. The second-order valence-corrected chi connectivity index (χ2v) is 9.74. The molecule has 4 aliphatic carbocycles. The van der Waals surface area contributed by atoms with Crippen molar-refractivity contribution < 1.29 is 9.47 Å². The number of nitrogens with one attached hydrogen (secondary N) is 1. The van der Waals surface area contributed by atoms with Gasteiger partial charge in [-0.25, -0.2) is 0 Å². The highest BCUT2D eigenvalue weighted by atomic mass is 16.7. The molecule has 5 fully saturated rings. The van der Waals surface area contributed by atoms with Crippen LogP contribution in [-0.2, 0) is 9.47 Å². The van der Waals surface area contributed by atoms with E-state index in [9.17, 15) is 15.8 Å². The van der Waals surface area contributed by atoms with Crippen LogP contribution >= 0.6 is 0 Å². The molecule has 0 aromatic heterocycles. The second kappa shape index (κ2) is 5.16. The van der Waals surface area contributed by atoms with Crippen LogP contribution in [0.15, 0.2) is 11.6 Å². The highest BCUT2D eigenvalue weighted by Crippen LogP contribution is 2.69. The fourth-order valence-electron chi connectivity index (χ4n) is 6.83. The highest BCUT2D eigenvalue weighted by Gasteiger charge is 2.81. The third kappa shape index (κ3) is 1.61. The Labute approximate surface area is 165 Å². The van der Waals surface area contributed by atoms with Crippen molar-refractivity contribution in [2.45, 2.75) is 64.3 Å². The monoisotopic (exact) mass is 376 g/mol. The standard InChI is InChI=1S/C22H24N4O2/c1-19(2)13-6-7-14(15(19)9-13)17-21(12-25)18(26)28-22(27-17)8-4-3-5-16(22)20(21,10-23)11-24/h7,13,15-17,26H,3-6,8-9H2,1-2H3/t13-,15+,16+,17+,21-,22+/m1/s1. The molecule has 0 radical (unpaired) electrons. The Bertz CT molecular complexity index is 918. The molecular weight excluding hydrogens is 352 g/mol. The predicted molar refractivity (Wildman–Crippen MR) is 98.2 cm³/mol. The average Bonchev–Trinajstić information content (AvgIpc) is 2.71. The van der Waals surface area contributed by atoms with Crippen molar-refractivity contribution in [2.75, 3.05) is 0 Å². The molecule has 3 aliphatic heterocycles. The predicted octanol–water partition coefficient (Wildman–Crippen LogP) is 3.82. The van der Waals surface area contributed by atoms with E-state index in [-0.39, 0.29) is 17.2 Å². The molecule has 0 amide bonds. The van der Waals surface area contributed by atoms with Crippen LogP contribution in [0.2, 0.25) is 0 Å². The molecule has 6 heteroatoms. The summed E-state index contributed by atoms with van der Waals surface area (Å²) in [5.41, 5.74) is -2.24. The molecule has 3 heterocycles. The van der Waals surface area contributed by atoms with E-state index in [1.807, 2.05) is 0 Å². The van der Waals surface area contributed by atoms with Gasteiger partial charge in [0.15, 0.2) is 10.8 Å². The zero-order valence-corrected chi connectivity index (χ0v) is 16.3. The molecule has 7 rings (SSSR count). The topological polar surface area (TPSA) is 114 Å². The SMILES string of the molecule is CC1(C)[C@@H]2CC=C([C@@H]3O[C@]45CCCC[C@H]4C(C#N)(C#N)[C@@]3(C#N)C(=N)O5)[C@@H]1C2. The summed E-state index contributed by atoms with van der Waals surface area (Å²) >= 11 is 0. The zero-order chi connectivity index (χ0) is 19.9. The first-order chi connectivity index (χ1) is 13.3. The summed E-state index contributed by atoms with van der Waals surface area (Å²) in [7, 11) is 0. The van der Waals surface area contributed by atoms with Crippen LogP contribution in [0.3, 0.4) is 0 Å². The lowest BCUT2D eigenvalue weighted by Gasteiger charge is -2.66. The van der Waals surface area contributed by atoms with Crippen LogP contribution in [0.5, 0.6) is 0 Å². The van der Waals surface area contributed by atoms with Crippen molar-refractivity contribution in [3.8, 4) is 18.2 Å². The summed E-state index contributed by atoms with van der Waals surface area (Å²) < 4.78 is 12.5. The quantitative estimate of drug-likeness (QED) is 0.699. The Morgan fingerprint density at radius 3 is 2.50 bits per heavy atom. The van der Waals surface area contributed by atoms with Gasteiger partial charge < -0.3 is 9.47 Å². The molecule has 2 saturated carbocycles. The van der Waals surface area contributed by atoms with Gasteiger partial charge in [-0.05, 0) is 48.5 Å². The normalized spacial score (nSPS) is 46.5. The van der Waals surface area contributed by atoms with Crippen LogP contribution in [0.25, 0.3) is 0 Å². The maximum absolute atomic E-state index is 10.4. The maximum atomic E-state index is 10.4. The van der Waals surface area contributed by atoms with Crippen LogP contribution < -0.4 is 0 Å². The van der Waals surface area contributed by atoms with Crippen LogP contribution in [0.4, 0.5) is 0 Å². The number of rotatable bonds is 1. The first-order valence-corrected chi connectivity index (χ1v) is 10.2. The lowest BCUT2D eigenvalue weighted by Crippen LogP contribution is -2.76. The lowest BCUT2D eigenvalue weighted by atomic mass is 9.43. The van der Waals surface area contributed by atoms with Gasteiger partial charge in [0.2, 0.25) is 11.7 Å². The lowest BCUT2D eigenvalue weighted by molar-refractivity contribution is -0.352. The number of nitriles is 3. The average molecular weight is 376 g/mol. The minimum atomic E-state index is -1.72. The Hall–Kier alpha value is -2.36. The van der Waals surface area contributed by atoms with Crippen molar-refractivity contribution in [3.63, 3.8) is 0 Å². The first-order valence-electron chi connectivity index (χ1n) is 10.2. The molecule has 0 unspecified atom stereocenters. The number of allylic oxidation sites excluding steroid dienone is 1. The Balaban J connectivity index is 1.74. The molecule has 6 nitrogen and oxygen atoms in total. The summed E-state index contributed by atoms with van der Waals surface area (Å²) in [6, 6.07) is 6.67. The van der Waals surface area contributed by atoms with E-state index in [0.29, 0.717) is 18.8 Å². The van der Waals surface area contributed by atoms with Crippen molar-refractivity contribution in [1.82, 2.24) is 0 Å². The third-order valence-corrected chi connectivity index (χ3v) is 8.63. The highest BCUT2D eigenvalue weighted by molar-refractivity contribution is 5.89. The molecule has 144 valence electrons. The zero-order valence-electron chi connectivity index (χ0n) is 16.3. The summed E-state index contributed by atoms with van der Waals surface area (Å²) in [4.78, 5) is 0. The van der Waals surface area contributed by atoms with Gasteiger partial charge in [0.25, 0.3) is 0 Å². The summed E-state index contributed by atoms with van der Waals surface area (Å²) in [5.74, 6) is -1.04. The Kier molecular flexibility index (Phi) is 3.27. The summed E-state index contributed by atoms with van der Waals surface area (Å²) in [5, 5.41) is 39.6. The first kappa shape index (κ1) is 17.7. The smallest absolute Gasteiger partial charge is 0.218 e. The minimum Gasteiger partial charge on any atom is -0.447 e. The molecule has 4 bridgehead atoms. The van der Waals surface area contributed by atoms with Crippen LogP contribution in [0.1, 0.15) is 52.4 Å². The molecule has 1 spiro atoms. The van der Waals surface area contributed by atoms with Crippen molar-refractivity contribution in [2.24, 2.45) is 34.0 Å². The molecule has 0 aromatic carbocycles. The number of hydrogen-bond donors (Lipinski definition) is 1. The molecule has 3 saturated heterocycles. The molecular formula is C22H24N4O2. The van der Waals surface area contributed by atoms with E-state index in [1.54, 1.807) is 0 Å². The van der Waals surface area contributed by atoms with Gasteiger partial charge in [0.1, 0.15) is 6.10 Å². The number of fused-ring (bicyclic) bond motifs is 4. The van der Waals surface area contributed by atoms with Crippen LogP contribution in [-0.4, -0.2) is 17.8 Å². The fourth-order valence-corrected chi connectivity index (χ4v) is 6.83. The van der Waals surface area contributed by atoms with Crippen LogP contribution in [0, 0.1) is 73.4 Å². The number of nitrogens with zero attached hydrogens (tertiary/aromatic N) is 3. The number of hydrogen-bond acceptors (Lipinski definition) is 6. The largest absolute Gasteiger partial charge is 0.447 e. The van der Waals surface area contributed by atoms with Crippen molar-refractivity contribution in [3.05, 3.63) is 11.6 Å². The number of ether oxygens (including phenoxy) is 2. The molecule has 7 aliphatic rings. The van der Waals surface area contributed by atoms with E-state index in [2.05, 4.69) is 38.1 Å². The molecule has 28 heavy (non-hydrogen) atoms. The van der Waals surface area contributed by atoms with Gasteiger partial charge in [0.05, 0.1) is 24.1 Å². The van der Waals surface area contributed by atoms with Crippen molar-refractivity contribution in [1.29, 1.82) is 21.2 Å².